The summed E-state index contributed by atoms with van der Waals surface area (Å²) in [5.74, 6) is -0.0515. The van der Waals surface area contributed by atoms with Crippen molar-refractivity contribution in [2.75, 3.05) is 0 Å². The van der Waals surface area contributed by atoms with Crippen LogP contribution >= 0.6 is 0 Å². The van der Waals surface area contributed by atoms with Crippen LogP contribution in [-0.4, -0.2) is 31.3 Å². The monoisotopic (exact) mass is 195 g/mol. The molecular formula is C9H13N3O2. The Balaban J connectivity index is 2.28. The van der Waals surface area contributed by atoms with E-state index in [1.807, 2.05) is 0 Å². The van der Waals surface area contributed by atoms with Gasteiger partial charge in [-0.15, -0.1) is 0 Å². The minimum Gasteiger partial charge on any atom is -0.382 e. The molecule has 1 heterocycles. The molecule has 1 aromatic heterocycles. The molecular weight excluding hydrogens is 182 g/mol. The van der Waals surface area contributed by atoms with Gasteiger partial charge in [0.05, 0.1) is 0 Å². The molecule has 1 saturated carbocycles. The highest BCUT2D eigenvalue weighted by Crippen LogP contribution is 2.31. The summed E-state index contributed by atoms with van der Waals surface area (Å²) >= 11 is 0. The van der Waals surface area contributed by atoms with E-state index in [2.05, 4.69) is 10.1 Å². The Labute approximate surface area is 81.8 Å². The fourth-order valence-corrected chi connectivity index (χ4v) is 1.90. The first-order valence-corrected chi connectivity index (χ1v) is 4.75. The Hall–Kier alpha value is -1.23. The normalized spacial score (nSPS) is 19.9. The third-order valence-corrected chi connectivity index (χ3v) is 2.77. The molecule has 1 aliphatic rings. The van der Waals surface area contributed by atoms with Crippen molar-refractivity contribution >= 4 is 5.78 Å². The molecule has 0 radical (unpaired) electrons. The molecule has 1 N–H and O–H groups in total. The van der Waals surface area contributed by atoms with E-state index in [0.717, 1.165) is 12.8 Å². The summed E-state index contributed by atoms with van der Waals surface area (Å²) < 4.78 is 1.40. The van der Waals surface area contributed by atoms with E-state index in [9.17, 15) is 9.90 Å². The number of hydrogen-bond acceptors (Lipinski definition) is 4. The van der Waals surface area contributed by atoms with Crippen molar-refractivity contribution in [1.29, 1.82) is 0 Å². The van der Waals surface area contributed by atoms with Crippen LogP contribution in [-0.2, 0) is 7.05 Å². The molecule has 0 bridgehead atoms. The van der Waals surface area contributed by atoms with Crippen LogP contribution in [0.25, 0.3) is 0 Å². The van der Waals surface area contributed by atoms with Crippen molar-refractivity contribution in [3.05, 3.63) is 12.2 Å². The fourth-order valence-electron chi connectivity index (χ4n) is 1.90. The number of aliphatic hydroxyl groups is 1. The molecule has 0 spiro atoms. The summed E-state index contributed by atoms with van der Waals surface area (Å²) in [6.45, 7) is 0. The second kappa shape index (κ2) is 3.16. The molecule has 0 unspecified atom stereocenters. The number of ketones is 1. The Morgan fingerprint density at radius 1 is 1.57 bits per heavy atom. The summed E-state index contributed by atoms with van der Waals surface area (Å²) in [4.78, 5) is 15.7. The van der Waals surface area contributed by atoms with E-state index >= 15 is 0 Å². The van der Waals surface area contributed by atoms with Crippen LogP contribution in [0.5, 0.6) is 0 Å². The molecule has 14 heavy (non-hydrogen) atoms. The number of nitrogens with zero attached hydrogens (tertiary/aromatic N) is 3. The quantitative estimate of drug-likeness (QED) is 0.689. The SMILES string of the molecule is Cn1ncnc1C(=O)C1(O)CCCC1. The van der Waals surface area contributed by atoms with E-state index < -0.39 is 5.60 Å². The second-order valence-electron chi connectivity index (χ2n) is 3.78. The van der Waals surface area contributed by atoms with Gasteiger partial charge in [0.25, 0.3) is 0 Å². The fraction of sp³-hybridized carbons (Fsp3) is 0.667. The number of aryl methyl sites for hydroxylation is 1. The van der Waals surface area contributed by atoms with Gasteiger partial charge in [0.15, 0.2) is 5.82 Å². The number of carbonyl (C=O) groups excluding carboxylic acids is 1. The highest BCUT2D eigenvalue weighted by atomic mass is 16.3. The van der Waals surface area contributed by atoms with Crippen LogP contribution < -0.4 is 0 Å². The van der Waals surface area contributed by atoms with Crippen molar-refractivity contribution in [3.63, 3.8) is 0 Å². The van der Waals surface area contributed by atoms with Crippen LogP contribution in [0, 0.1) is 0 Å². The van der Waals surface area contributed by atoms with Crippen LogP contribution in [0.4, 0.5) is 0 Å². The standard InChI is InChI=1S/C9H13N3O2/c1-12-8(10-6-11-12)7(13)9(14)4-2-3-5-9/h6,14H,2-5H2,1H3. The average molecular weight is 195 g/mol. The Kier molecular flexibility index (Phi) is 2.11. The molecule has 5 nitrogen and oxygen atoms in total. The van der Waals surface area contributed by atoms with Crippen molar-refractivity contribution in [3.8, 4) is 0 Å². The summed E-state index contributed by atoms with van der Waals surface area (Å²) in [6.07, 6.45) is 4.21. The topological polar surface area (TPSA) is 68.0 Å². The van der Waals surface area contributed by atoms with Crippen LogP contribution in [0.15, 0.2) is 6.33 Å². The highest BCUT2D eigenvalue weighted by molar-refractivity contribution is 5.99. The molecule has 76 valence electrons. The minimum atomic E-state index is -1.19. The lowest BCUT2D eigenvalue weighted by molar-refractivity contribution is 0.0338. The van der Waals surface area contributed by atoms with E-state index in [-0.39, 0.29) is 11.6 Å². The van der Waals surface area contributed by atoms with Gasteiger partial charge in [-0.25, -0.2) is 9.67 Å². The largest absolute Gasteiger partial charge is 0.382 e. The Bertz CT molecular complexity index is 353. The second-order valence-corrected chi connectivity index (χ2v) is 3.78. The number of rotatable bonds is 2. The summed E-state index contributed by atoms with van der Waals surface area (Å²) in [6, 6.07) is 0. The van der Waals surface area contributed by atoms with Gasteiger partial charge in [-0.05, 0) is 25.7 Å². The molecule has 0 saturated heterocycles. The maximum atomic E-state index is 11.9. The predicted molar refractivity (Wildman–Crippen MR) is 48.8 cm³/mol. The maximum Gasteiger partial charge on any atom is 0.231 e. The molecule has 0 atom stereocenters. The number of aromatic nitrogens is 3. The maximum absolute atomic E-state index is 11.9. The van der Waals surface area contributed by atoms with Crippen molar-refractivity contribution in [2.24, 2.45) is 7.05 Å². The van der Waals surface area contributed by atoms with Gasteiger partial charge in [0, 0.05) is 7.05 Å². The molecule has 0 aliphatic heterocycles. The van der Waals surface area contributed by atoms with Gasteiger partial charge in [-0.2, -0.15) is 5.10 Å². The molecule has 2 rings (SSSR count). The Morgan fingerprint density at radius 3 is 2.71 bits per heavy atom. The lowest BCUT2D eigenvalue weighted by Gasteiger charge is -2.18. The molecule has 0 amide bonds. The molecule has 1 fully saturated rings. The zero-order chi connectivity index (χ0) is 10.2. The van der Waals surface area contributed by atoms with Crippen LogP contribution in [0.2, 0.25) is 0 Å². The van der Waals surface area contributed by atoms with Gasteiger partial charge in [0.1, 0.15) is 11.9 Å². The van der Waals surface area contributed by atoms with E-state index in [1.165, 1.54) is 11.0 Å². The minimum absolute atomic E-state index is 0.245. The lowest BCUT2D eigenvalue weighted by Crippen LogP contribution is -2.37. The van der Waals surface area contributed by atoms with E-state index in [4.69, 9.17) is 0 Å². The average Bonchev–Trinajstić information content (AvgIpc) is 2.74. The number of hydrogen-bond donors (Lipinski definition) is 1. The predicted octanol–water partition coefficient (Wildman–Crippen LogP) is 0.303. The van der Waals surface area contributed by atoms with Gasteiger partial charge in [0.2, 0.25) is 5.78 Å². The first-order chi connectivity index (χ1) is 6.63. The third-order valence-electron chi connectivity index (χ3n) is 2.77. The first kappa shape index (κ1) is 9.33. The van der Waals surface area contributed by atoms with Gasteiger partial charge in [-0.3, -0.25) is 4.79 Å². The summed E-state index contributed by atoms with van der Waals surface area (Å²) in [5.41, 5.74) is -1.19. The lowest BCUT2D eigenvalue weighted by atomic mass is 9.96. The molecule has 1 aliphatic carbocycles. The Morgan fingerprint density at radius 2 is 2.21 bits per heavy atom. The molecule has 1 aromatic rings. The third kappa shape index (κ3) is 1.33. The number of Topliss-reactive ketones (excluding diaryl/α,β-unsaturated/α-hetero) is 1. The van der Waals surface area contributed by atoms with Gasteiger partial charge >= 0.3 is 0 Å². The zero-order valence-electron chi connectivity index (χ0n) is 8.10. The zero-order valence-corrected chi connectivity index (χ0v) is 8.10. The van der Waals surface area contributed by atoms with Crippen LogP contribution in [0.3, 0.4) is 0 Å². The van der Waals surface area contributed by atoms with E-state index in [1.54, 1.807) is 7.05 Å². The van der Waals surface area contributed by atoms with Gasteiger partial charge < -0.3 is 5.11 Å². The first-order valence-electron chi connectivity index (χ1n) is 4.75. The number of carbonyl (C=O) groups is 1. The molecule has 5 heteroatoms. The summed E-state index contributed by atoms with van der Waals surface area (Å²) in [7, 11) is 1.65. The summed E-state index contributed by atoms with van der Waals surface area (Å²) in [5, 5.41) is 13.8. The van der Waals surface area contributed by atoms with Crippen molar-refractivity contribution in [1.82, 2.24) is 14.8 Å². The van der Waals surface area contributed by atoms with Crippen molar-refractivity contribution in [2.45, 2.75) is 31.3 Å². The van der Waals surface area contributed by atoms with Gasteiger partial charge in [-0.1, -0.05) is 0 Å². The van der Waals surface area contributed by atoms with E-state index in [0.29, 0.717) is 12.8 Å². The van der Waals surface area contributed by atoms with Crippen molar-refractivity contribution < 1.29 is 9.90 Å². The highest BCUT2D eigenvalue weighted by Gasteiger charge is 2.41. The molecule has 0 aromatic carbocycles. The smallest absolute Gasteiger partial charge is 0.231 e. The van der Waals surface area contributed by atoms with Crippen LogP contribution in [0.1, 0.15) is 36.3 Å².